The van der Waals surface area contributed by atoms with Crippen LogP contribution in [-0.4, -0.2) is 21.5 Å². The summed E-state index contributed by atoms with van der Waals surface area (Å²) in [7, 11) is 0. The van der Waals surface area contributed by atoms with Crippen molar-refractivity contribution in [2.24, 2.45) is 0 Å². The van der Waals surface area contributed by atoms with Crippen molar-refractivity contribution in [1.29, 1.82) is 0 Å². The SMILES string of the molecule is ClCc1nnn2c1-c1ccccc1N(Cc1ccccc1)CC2. The fourth-order valence-corrected chi connectivity index (χ4v) is 3.32. The average molecular weight is 325 g/mol. The van der Waals surface area contributed by atoms with Crippen molar-refractivity contribution in [2.45, 2.75) is 19.0 Å². The molecule has 1 aliphatic heterocycles. The number of rotatable bonds is 3. The van der Waals surface area contributed by atoms with Crippen molar-refractivity contribution in [1.82, 2.24) is 15.0 Å². The Bertz CT molecular complexity index is 813. The van der Waals surface area contributed by atoms with Crippen LogP contribution < -0.4 is 4.90 Å². The average Bonchev–Trinajstić information content (AvgIpc) is 2.96. The predicted molar refractivity (Wildman–Crippen MR) is 92.5 cm³/mol. The zero-order chi connectivity index (χ0) is 15.6. The quantitative estimate of drug-likeness (QED) is 0.689. The molecule has 0 saturated heterocycles. The normalized spacial score (nSPS) is 13.3. The molecule has 0 bridgehead atoms. The van der Waals surface area contributed by atoms with Gasteiger partial charge in [0.1, 0.15) is 5.69 Å². The van der Waals surface area contributed by atoms with E-state index < -0.39 is 0 Å². The van der Waals surface area contributed by atoms with Gasteiger partial charge in [-0.15, -0.1) is 16.7 Å². The first kappa shape index (κ1) is 14.3. The monoisotopic (exact) mass is 324 g/mol. The molecule has 1 aliphatic rings. The van der Waals surface area contributed by atoms with Crippen LogP contribution in [0.2, 0.25) is 0 Å². The Morgan fingerprint density at radius 1 is 0.957 bits per heavy atom. The molecule has 23 heavy (non-hydrogen) atoms. The summed E-state index contributed by atoms with van der Waals surface area (Å²) < 4.78 is 1.97. The van der Waals surface area contributed by atoms with Crippen molar-refractivity contribution < 1.29 is 0 Å². The molecule has 4 nitrogen and oxygen atoms in total. The molecule has 5 heteroatoms. The fourth-order valence-electron chi connectivity index (χ4n) is 3.14. The standard InChI is InChI=1S/C18H17ClN4/c19-12-16-18-15-8-4-5-9-17(15)22(10-11-23(18)21-20-16)13-14-6-2-1-3-7-14/h1-9H,10-13H2. The molecule has 2 heterocycles. The summed E-state index contributed by atoms with van der Waals surface area (Å²) in [5.74, 6) is 0.377. The highest BCUT2D eigenvalue weighted by Gasteiger charge is 2.23. The van der Waals surface area contributed by atoms with Gasteiger partial charge in [0.2, 0.25) is 0 Å². The summed E-state index contributed by atoms with van der Waals surface area (Å²) in [6, 6.07) is 19.0. The molecule has 0 saturated carbocycles. The van der Waals surface area contributed by atoms with Gasteiger partial charge < -0.3 is 4.90 Å². The Morgan fingerprint density at radius 3 is 2.57 bits per heavy atom. The minimum Gasteiger partial charge on any atom is -0.365 e. The lowest BCUT2D eigenvalue weighted by Crippen LogP contribution is -2.25. The zero-order valence-corrected chi connectivity index (χ0v) is 13.4. The first-order valence-electron chi connectivity index (χ1n) is 7.73. The number of anilines is 1. The van der Waals surface area contributed by atoms with Crippen LogP contribution in [0.4, 0.5) is 5.69 Å². The largest absolute Gasteiger partial charge is 0.365 e. The molecule has 0 radical (unpaired) electrons. The Balaban J connectivity index is 1.78. The highest BCUT2D eigenvalue weighted by molar-refractivity contribution is 6.17. The second kappa shape index (κ2) is 6.05. The summed E-state index contributed by atoms with van der Waals surface area (Å²) in [6.07, 6.45) is 0. The van der Waals surface area contributed by atoms with E-state index in [0.717, 1.165) is 36.6 Å². The molecule has 0 amide bonds. The van der Waals surface area contributed by atoms with E-state index >= 15 is 0 Å². The van der Waals surface area contributed by atoms with Gasteiger partial charge in [0.05, 0.1) is 18.1 Å². The summed E-state index contributed by atoms with van der Waals surface area (Å²) in [5.41, 5.74) is 5.56. The van der Waals surface area contributed by atoms with Crippen LogP contribution in [-0.2, 0) is 19.0 Å². The van der Waals surface area contributed by atoms with Gasteiger partial charge in [0, 0.05) is 24.3 Å². The van der Waals surface area contributed by atoms with Crippen molar-refractivity contribution in [3.8, 4) is 11.3 Å². The van der Waals surface area contributed by atoms with E-state index in [9.17, 15) is 0 Å². The lowest BCUT2D eigenvalue weighted by atomic mass is 10.1. The first-order chi connectivity index (χ1) is 11.4. The second-order valence-electron chi connectivity index (χ2n) is 5.67. The summed E-state index contributed by atoms with van der Waals surface area (Å²) in [6.45, 7) is 2.58. The number of halogens is 1. The zero-order valence-electron chi connectivity index (χ0n) is 12.7. The number of benzene rings is 2. The third kappa shape index (κ3) is 2.59. The van der Waals surface area contributed by atoms with Gasteiger partial charge in [-0.2, -0.15) is 0 Å². The number of aromatic nitrogens is 3. The maximum absolute atomic E-state index is 6.06. The summed E-state index contributed by atoms with van der Waals surface area (Å²) >= 11 is 6.06. The molecular weight excluding hydrogens is 308 g/mol. The number of nitrogens with zero attached hydrogens (tertiary/aromatic N) is 4. The molecule has 0 spiro atoms. The van der Waals surface area contributed by atoms with Crippen LogP contribution >= 0.6 is 11.6 Å². The molecular formula is C18H17ClN4. The molecule has 2 aromatic carbocycles. The lowest BCUT2D eigenvalue weighted by molar-refractivity contribution is 0.586. The van der Waals surface area contributed by atoms with Crippen LogP contribution in [0.1, 0.15) is 11.3 Å². The van der Waals surface area contributed by atoms with Gasteiger partial charge in [-0.3, -0.25) is 0 Å². The highest BCUT2D eigenvalue weighted by Crippen LogP contribution is 2.35. The Hall–Kier alpha value is -2.33. The summed E-state index contributed by atoms with van der Waals surface area (Å²) in [4.78, 5) is 2.40. The molecule has 0 atom stereocenters. The van der Waals surface area contributed by atoms with Gasteiger partial charge in [-0.1, -0.05) is 53.7 Å². The minimum absolute atomic E-state index is 0.377. The molecule has 0 aliphatic carbocycles. The maximum Gasteiger partial charge on any atom is 0.105 e. The van der Waals surface area contributed by atoms with Gasteiger partial charge in [-0.05, 0) is 11.6 Å². The molecule has 0 fully saturated rings. The molecule has 116 valence electrons. The molecule has 0 unspecified atom stereocenters. The van der Waals surface area contributed by atoms with Crippen LogP contribution in [0.5, 0.6) is 0 Å². The van der Waals surface area contributed by atoms with E-state index in [-0.39, 0.29) is 0 Å². The van der Waals surface area contributed by atoms with Gasteiger partial charge >= 0.3 is 0 Å². The first-order valence-corrected chi connectivity index (χ1v) is 8.27. The second-order valence-corrected chi connectivity index (χ2v) is 5.93. The molecule has 0 N–H and O–H groups in total. The number of alkyl halides is 1. The molecule has 1 aromatic heterocycles. The van der Waals surface area contributed by atoms with E-state index in [1.54, 1.807) is 0 Å². The Labute approximate surface area is 140 Å². The van der Waals surface area contributed by atoms with Gasteiger partial charge in [-0.25, -0.2) is 4.68 Å². The van der Waals surface area contributed by atoms with Crippen LogP contribution in [0.15, 0.2) is 54.6 Å². The van der Waals surface area contributed by atoms with E-state index in [0.29, 0.717) is 5.88 Å². The van der Waals surface area contributed by atoms with E-state index in [1.807, 2.05) is 10.7 Å². The number of para-hydroxylation sites is 1. The van der Waals surface area contributed by atoms with Crippen molar-refractivity contribution in [3.63, 3.8) is 0 Å². The van der Waals surface area contributed by atoms with Crippen molar-refractivity contribution >= 4 is 17.3 Å². The van der Waals surface area contributed by atoms with Crippen molar-refractivity contribution in [2.75, 3.05) is 11.4 Å². The van der Waals surface area contributed by atoms with Gasteiger partial charge in [0.25, 0.3) is 0 Å². The van der Waals surface area contributed by atoms with E-state index in [4.69, 9.17) is 11.6 Å². The third-order valence-corrected chi connectivity index (χ3v) is 4.48. The topological polar surface area (TPSA) is 34.0 Å². The number of fused-ring (bicyclic) bond motifs is 3. The summed E-state index contributed by atoms with van der Waals surface area (Å²) in [5, 5.41) is 8.51. The van der Waals surface area contributed by atoms with Crippen LogP contribution in [0.3, 0.4) is 0 Å². The van der Waals surface area contributed by atoms with Crippen molar-refractivity contribution in [3.05, 3.63) is 65.9 Å². The Kier molecular flexibility index (Phi) is 3.75. The van der Waals surface area contributed by atoms with E-state index in [1.165, 1.54) is 11.3 Å². The third-order valence-electron chi connectivity index (χ3n) is 4.23. The van der Waals surface area contributed by atoms with Crippen LogP contribution in [0.25, 0.3) is 11.3 Å². The van der Waals surface area contributed by atoms with Crippen LogP contribution in [0, 0.1) is 0 Å². The lowest BCUT2D eigenvalue weighted by Gasteiger charge is -2.24. The molecule has 4 rings (SSSR count). The molecule has 3 aromatic rings. The van der Waals surface area contributed by atoms with E-state index in [2.05, 4.69) is 63.7 Å². The number of hydrogen-bond donors (Lipinski definition) is 0. The smallest absolute Gasteiger partial charge is 0.105 e. The predicted octanol–water partition coefficient (Wildman–Crippen LogP) is 3.70. The van der Waals surface area contributed by atoms with Gasteiger partial charge in [0.15, 0.2) is 0 Å². The fraction of sp³-hybridized carbons (Fsp3) is 0.222. The highest BCUT2D eigenvalue weighted by atomic mass is 35.5. The minimum atomic E-state index is 0.377. The number of hydrogen-bond acceptors (Lipinski definition) is 3. The maximum atomic E-state index is 6.06. The Morgan fingerprint density at radius 2 is 1.74 bits per heavy atom.